The van der Waals surface area contributed by atoms with Crippen molar-refractivity contribution in [3.8, 4) is 0 Å². The Morgan fingerprint density at radius 3 is 2.70 bits per heavy atom. The Labute approximate surface area is 174 Å². The number of hydrogen-bond donors (Lipinski definition) is 3. The fourth-order valence-corrected chi connectivity index (χ4v) is 4.41. The van der Waals surface area contributed by atoms with Gasteiger partial charge in [-0.25, -0.2) is 0 Å². The highest BCUT2D eigenvalue weighted by Gasteiger charge is 2.22. The number of aromatic amines is 1. The van der Waals surface area contributed by atoms with E-state index in [1.165, 1.54) is 5.56 Å². The fraction of sp³-hybridized carbons (Fsp3) is 0.200. The number of aryl methyl sites for hydroxylation is 1. The van der Waals surface area contributed by atoms with Crippen molar-refractivity contribution in [3.05, 3.63) is 87.7 Å². The van der Waals surface area contributed by atoms with Crippen LogP contribution in [0.5, 0.6) is 0 Å². The Morgan fingerprint density at radius 1 is 0.967 bits per heavy atom. The molecule has 1 aliphatic carbocycles. The van der Waals surface area contributed by atoms with Crippen molar-refractivity contribution in [1.82, 2.24) is 10.3 Å². The molecule has 0 bridgehead atoms. The van der Waals surface area contributed by atoms with Gasteiger partial charge in [0.15, 0.2) is 0 Å². The van der Waals surface area contributed by atoms with E-state index in [1.807, 2.05) is 42.5 Å². The first kappa shape index (κ1) is 18.6. The molecule has 3 N–H and O–H groups in total. The summed E-state index contributed by atoms with van der Waals surface area (Å²) in [5.74, 6) is -0.0538. The highest BCUT2D eigenvalue weighted by molar-refractivity contribution is 6.14. The molecule has 1 heterocycles. The van der Waals surface area contributed by atoms with E-state index in [0.29, 0.717) is 5.39 Å². The highest BCUT2D eigenvalue weighted by Crippen LogP contribution is 2.39. The monoisotopic (exact) mass is 397 g/mol. The Balaban J connectivity index is 1.26. The second-order valence-corrected chi connectivity index (χ2v) is 7.80. The van der Waals surface area contributed by atoms with Crippen molar-refractivity contribution in [2.75, 3.05) is 18.4 Å². The Morgan fingerprint density at radius 2 is 1.83 bits per heavy atom. The van der Waals surface area contributed by atoms with E-state index in [0.717, 1.165) is 58.9 Å². The number of H-pyrrole nitrogens is 1. The van der Waals surface area contributed by atoms with Crippen LogP contribution in [-0.2, 0) is 17.6 Å². The standard InChI is InChI=1S/C25H23N3O2/c29-22(15-26-13-5-8-16-6-2-1-3-7-16)27-20-11-12-21-24-19(20)14-17-9-4-10-18(23(17)24)25(30)28-21/h1-4,6-7,9-12,26H,5,8,13-15H2,(H,27,29)(H,28,30). The van der Waals surface area contributed by atoms with Crippen LogP contribution >= 0.6 is 0 Å². The van der Waals surface area contributed by atoms with E-state index in [-0.39, 0.29) is 18.0 Å². The summed E-state index contributed by atoms with van der Waals surface area (Å²) in [6, 6.07) is 20.0. The second-order valence-electron chi connectivity index (χ2n) is 7.80. The van der Waals surface area contributed by atoms with Crippen LogP contribution in [0.15, 0.2) is 65.5 Å². The van der Waals surface area contributed by atoms with Gasteiger partial charge in [0, 0.05) is 33.8 Å². The molecule has 5 nitrogen and oxygen atoms in total. The van der Waals surface area contributed by atoms with Crippen LogP contribution in [0.4, 0.5) is 5.69 Å². The Hall–Kier alpha value is -3.44. The highest BCUT2D eigenvalue weighted by atomic mass is 16.2. The van der Waals surface area contributed by atoms with Crippen LogP contribution in [0.3, 0.4) is 0 Å². The zero-order valence-electron chi connectivity index (χ0n) is 16.6. The summed E-state index contributed by atoms with van der Waals surface area (Å²) in [5.41, 5.74) is 5.11. The van der Waals surface area contributed by atoms with Gasteiger partial charge in [0.05, 0.1) is 6.54 Å². The van der Waals surface area contributed by atoms with Crippen LogP contribution in [0, 0.1) is 0 Å². The predicted molar refractivity (Wildman–Crippen MR) is 121 cm³/mol. The third-order valence-corrected chi connectivity index (χ3v) is 5.80. The van der Waals surface area contributed by atoms with Crippen molar-refractivity contribution in [3.63, 3.8) is 0 Å². The average molecular weight is 397 g/mol. The third kappa shape index (κ3) is 3.37. The summed E-state index contributed by atoms with van der Waals surface area (Å²) in [6.07, 6.45) is 2.71. The molecule has 0 unspecified atom stereocenters. The summed E-state index contributed by atoms with van der Waals surface area (Å²) in [6.45, 7) is 1.07. The van der Waals surface area contributed by atoms with E-state index >= 15 is 0 Å². The molecule has 0 fully saturated rings. The largest absolute Gasteiger partial charge is 0.325 e. The van der Waals surface area contributed by atoms with Crippen molar-refractivity contribution in [2.45, 2.75) is 19.3 Å². The lowest BCUT2D eigenvalue weighted by Crippen LogP contribution is -2.29. The number of nitrogens with one attached hydrogen (secondary N) is 3. The lowest BCUT2D eigenvalue weighted by atomic mass is 10.1. The first-order chi connectivity index (χ1) is 14.7. The van der Waals surface area contributed by atoms with Gasteiger partial charge in [0.25, 0.3) is 5.56 Å². The van der Waals surface area contributed by atoms with Gasteiger partial charge in [0.1, 0.15) is 0 Å². The van der Waals surface area contributed by atoms with Gasteiger partial charge in [-0.3, -0.25) is 9.59 Å². The van der Waals surface area contributed by atoms with E-state index in [1.54, 1.807) is 0 Å². The van der Waals surface area contributed by atoms with Gasteiger partial charge in [-0.1, -0.05) is 42.5 Å². The number of anilines is 1. The van der Waals surface area contributed by atoms with Gasteiger partial charge in [-0.05, 0) is 54.3 Å². The predicted octanol–water partition coefficient (Wildman–Crippen LogP) is 3.75. The van der Waals surface area contributed by atoms with Gasteiger partial charge in [-0.2, -0.15) is 0 Å². The molecule has 4 aromatic rings. The van der Waals surface area contributed by atoms with Crippen LogP contribution < -0.4 is 16.2 Å². The van der Waals surface area contributed by atoms with E-state index in [2.05, 4.69) is 33.8 Å². The molecule has 0 aliphatic heterocycles. The minimum Gasteiger partial charge on any atom is -0.325 e. The molecule has 1 aliphatic rings. The summed E-state index contributed by atoms with van der Waals surface area (Å²) in [7, 11) is 0. The van der Waals surface area contributed by atoms with Crippen molar-refractivity contribution >= 4 is 33.3 Å². The molecule has 30 heavy (non-hydrogen) atoms. The maximum atomic E-state index is 12.5. The molecule has 0 saturated heterocycles. The molecule has 3 aromatic carbocycles. The number of pyridine rings is 1. The Bertz CT molecular complexity index is 1310. The number of amides is 1. The number of hydrogen-bond acceptors (Lipinski definition) is 3. The molecule has 1 amide bonds. The minimum absolute atomic E-state index is 0.0538. The molecule has 0 spiro atoms. The molecule has 5 heteroatoms. The van der Waals surface area contributed by atoms with Crippen molar-refractivity contribution in [2.24, 2.45) is 0 Å². The number of benzene rings is 3. The third-order valence-electron chi connectivity index (χ3n) is 5.80. The molecule has 0 atom stereocenters. The number of carbonyl (C=O) groups is 1. The maximum Gasteiger partial charge on any atom is 0.256 e. The van der Waals surface area contributed by atoms with Gasteiger partial charge in [-0.15, -0.1) is 0 Å². The minimum atomic E-state index is -0.0660. The molecular formula is C25H23N3O2. The number of rotatable bonds is 7. The quantitative estimate of drug-likeness (QED) is 0.289. The van der Waals surface area contributed by atoms with E-state index < -0.39 is 0 Å². The van der Waals surface area contributed by atoms with Crippen LogP contribution in [-0.4, -0.2) is 24.0 Å². The van der Waals surface area contributed by atoms with Crippen molar-refractivity contribution < 1.29 is 4.79 Å². The van der Waals surface area contributed by atoms with Crippen LogP contribution in [0.25, 0.3) is 21.7 Å². The van der Waals surface area contributed by atoms with Crippen LogP contribution in [0.1, 0.15) is 23.1 Å². The lowest BCUT2D eigenvalue weighted by Gasteiger charge is -2.11. The summed E-state index contributed by atoms with van der Waals surface area (Å²) in [4.78, 5) is 27.8. The zero-order valence-corrected chi connectivity index (χ0v) is 16.6. The molecule has 5 rings (SSSR count). The molecule has 0 saturated carbocycles. The molecule has 0 radical (unpaired) electrons. The van der Waals surface area contributed by atoms with Gasteiger partial charge >= 0.3 is 0 Å². The van der Waals surface area contributed by atoms with Gasteiger partial charge < -0.3 is 15.6 Å². The number of carbonyl (C=O) groups excluding carboxylic acids is 1. The van der Waals surface area contributed by atoms with Gasteiger partial charge in [0.2, 0.25) is 5.91 Å². The number of aromatic nitrogens is 1. The maximum absolute atomic E-state index is 12.5. The molecular weight excluding hydrogens is 374 g/mol. The summed E-state index contributed by atoms with van der Waals surface area (Å²) < 4.78 is 0. The average Bonchev–Trinajstić information content (AvgIpc) is 3.16. The first-order valence-electron chi connectivity index (χ1n) is 10.3. The lowest BCUT2D eigenvalue weighted by molar-refractivity contribution is -0.115. The zero-order chi connectivity index (χ0) is 20.5. The SMILES string of the molecule is O=C(CNCCCc1ccccc1)Nc1ccc2[nH]c(=O)c3cccc4c3c2c1C4. The Kier molecular flexibility index (Phi) is 4.81. The normalized spacial score (nSPS) is 12.1. The molecule has 1 aromatic heterocycles. The summed E-state index contributed by atoms with van der Waals surface area (Å²) in [5, 5.41) is 9.06. The topological polar surface area (TPSA) is 74.0 Å². The van der Waals surface area contributed by atoms with E-state index in [9.17, 15) is 9.59 Å². The second kappa shape index (κ2) is 7.76. The van der Waals surface area contributed by atoms with Crippen molar-refractivity contribution in [1.29, 1.82) is 0 Å². The van der Waals surface area contributed by atoms with Crippen LogP contribution in [0.2, 0.25) is 0 Å². The van der Waals surface area contributed by atoms with E-state index in [4.69, 9.17) is 0 Å². The molecule has 150 valence electrons. The smallest absolute Gasteiger partial charge is 0.256 e. The summed E-state index contributed by atoms with van der Waals surface area (Å²) >= 11 is 0. The fourth-order valence-electron chi connectivity index (χ4n) is 4.41. The first-order valence-corrected chi connectivity index (χ1v) is 10.3.